The van der Waals surface area contributed by atoms with Crippen molar-refractivity contribution in [2.75, 3.05) is 19.8 Å². The van der Waals surface area contributed by atoms with E-state index in [9.17, 15) is 0 Å². The third kappa shape index (κ3) is 2.63. The molecule has 100 valence electrons. The molecule has 0 unspecified atom stereocenters. The maximum absolute atomic E-state index is 5.83. The molecule has 4 nitrogen and oxygen atoms in total. The first-order valence-corrected chi connectivity index (χ1v) is 7.07. The van der Waals surface area contributed by atoms with Crippen molar-refractivity contribution < 1.29 is 18.6 Å². The molecule has 0 bridgehead atoms. The highest BCUT2D eigenvalue weighted by Crippen LogP contribution is 2.33. The van der Waals surface area contributed by atoms with Crippen molar-refractivity contribution in [2.45, 2.75) is 5.79 Å². The van der Waals surface area contributed by atoms with E-state index in [-0.39, 0.29) is 6.61 Å². The van der Waals surface area contributed by atoms with Gasteiger partial charge in [-0.2, -0.15) is 0 Å². The molecule has 0 saturated carbocycles. The molecule has 19 heavy (non-hydrogen) atoms. The zero-order valence-electron chi connectivity index (χ0n) is 10.2. The Balaban J connectivity index is 1.78. The molecule has 0 aliphatic carbocycles. The molecule has 1 aromatic heterocycles. The third-order valence-electron chi connectivity index (χ3n) is 2.90. The fourth-order valence-corrected chi connectivity index (χ4v) is 2.52. The Labute approximate surface area is 124 Å². The molecule has 2 heterocycles. The Hall–Kier alpha value is -1.05. The van der Waals surface area contributed by atoms with E-state index in [2.05, 4.69) is 22.6 Å². The Bertz CT molecular complexity index is 532. The van der Waals surface area contributed by atoms with Crippen molar-refractivity contribution in [3.8, 4) is 5.75 Å². The van der Waals surface area contributed by atoms with E-state index in [4.69, 9.17) is 18.6 Å². The number of ether oxygens (including phenoxy) is 3. The predicted molar refractivity (Wildman–Crippen MR) is 76.9 cm³/mol. The van der Waals surface area contributed by atoms with E-state index in [0.717, 1.165) is 9.32 Å². The van der Waals surface area contributed by atoms with Gasteiger partial charge in [-0.1, -0.05) is 12.1 Å². The first-order valence-electron chi connectivity index (χ1n) is 5.99. The van der Waals surface area contributed by atoms with Crippen LogP contribution in [0, 0.1) is 3.57 Å². The maximum Gasteiger partial charge on any atom is 0.263 e. The number of halogens is 1. The Morgan fingerprint density at radius 1 is 1.11 bits per heavy atom. The zero-order chi connectivity index (χ0) is 13.1. The number of rotatable bonds is 4. The molecule has 1 aliphatic rings. The summed E-state index contributed by atoms with van der Waals surface area (Å²) >= 11 is 2.24. The van der Waals surface area contributed by atoms with Crippen LogP contribution in [0.3, 0.4) is 0 Å². The molecule has 0 radical (unpaired) electrons. The zero-order valence-corrected chi connectivity index (χ0v) is 12.3. The number of furan rings is 1. The molecule has 3 rings (SSSR count). The molecule has 1 saturated heterocycles. The van der Waals surface area contributed by atoms with Crippen molar-refractivity contribution in [1.82, 2.24) is 0 Å². The van der Waals surface area contributed by atoms with E-state index >= 15 is 0 Å². The van der Waals surface area contributed by atoms with E-state index in [1.165, 1.54) is 0 Å². The van der Waals surface area contributed by atoms with Crippen LogP contribution in [-0.2, 0) is 15.3 Å². The van der Waals surface area contributed by atoms with Crippen molar-refractivity contribution in [2.24, 2.45) is 0 Å². The number of benzene rings is 1. The molecule has 0 N–H and O–H groups in total. The van der Waals surface area contributed by atoms with Gasteiger partial charge in [0, 0.05) is 0 Å². The molecule has 1 fully saturated rings. The Morgan fingerprint density at radius 3 is 2.58 bits per heavy atom. The van der Waals surface area contributed by atoms with Gasteiger partial charge in [-0.25, -0.2) is 0 Å². The van der Waals surface area contributed by atoms with Gasteiger partial charge in [0.1, 0.15) is 5.75 Å². The summed E-state index contributed by atoms with van der Waals surface area (Å²) in [6.45, 7) is 1.34. The Morgan fingerprint density at radius 2 is 1.89 bits per heavy atom. The SMILES string of the molecule is Ic1ccccc1OCC1(c2ccco2)OCCO1. The summed E-state index contributed by atoms with van der Waals surface area (Å²) in [7, 11) is 0. The van der Waals surface area contributed by atoms with Gasteiger partial charge in [0.25, 0.3) is 5.79 Å². The normalized spacial score (nSPS) is 17.5. The quantitative estimate of drug-likeness (QED) is 0.774. The number of para-hydroxylation sites is 1. The average molecular weight is 372 g/mol. The molecule has 5 heteroatoms. The van der Waals surface area contributed by atoms with Gasteiger partial charge >= 0.3 is 0 Å². The lowest BCUT2D eigenvalue weighted by Gasteiger charge is -2.25. The van der Waals surface area contributed by atoms with E-state index < -0.39 is 5.79 Å². The van der Waals surface area contributed by atoms with Gasteiger partial charge in [0.2, 0.25) is 0 Å². The molecule has 0 spiro atoms. The molecule has 2 aromatic rings. The molecular formula is C14H13IO4. The van der Waals surface area contributed by atoms with Gasteiger partial charge in [-0.3, -0.25) is 0 Å². The second-order valence-electron chi connectivity index (χ2n) is 4.15. The highest BCUT2D eigenvalue weighted by Gasteiger charge is 2.42. The summed E-state index contributed by atoms with van der Waals surface area (Å²) in [5.74, 6) is 0.520. The topological polar surface area (TPSA) is 40.8 Å². The van der Waals surface area contributed by atoms with E-state index in [1.807, 2.05) is 36.4 Å². The standard InChI is InChI=1S/C14H13IO4/c15-11-4-1-2-5-12(11)17-10-14(18-8-9-19-14)13-6-3-7-16-13/h1-7H,8-10H2. The first-order chi connectivity index (χ1) is 9.30. The smallest absolute Gasteiger partial charge is 0.263 e. The van der Waals surface area contributed by atoms with Crippen LogP contribution in [0.25, 0.3) is 0 Å². The minimum Gasteiger partial charge on any atom is -0.486 e. The fourth-order valence-electron chi connectivity index (χ4n) is 1.98. The lowest BCUT2D eigenvalue weighted by atomic mass is 10.2. The summed E-state index contributed by atoms with van der Waals surface area (Å²) in [4.78, 5) is 0. The maximum atomic E-state index is 5.83. The summed E-state index contributed by atoms with van der Waals surface area (Å²) in [6.07, 6.45) is 1.61. The van der Waals surface area contributed by atoms with Crippen LogP contribution in [0.5, 0.6) is 5.75 Å². The van der Waals surface area contributed by atoms with Crippen molar-refractivity contribution >= 4 is 22.6 Å². The van der Waals surface area contributed by atoms with Gasteiger partial charge in [-0.05, 0) is 46.9 Å². The third-order valence-corrected chi connectivity index (χ3v) is 3.80. The van der Waals surface area contributed by atoms with Crippen LogP contribution in [0.15, 0.2) is 47.1 Å². The number of hydrogen-bond donors (Lipinski definition) is 0. The second-order valence-corrected chi connectivity index (χ2v) is 5.31. The average Bonchev–Trinajstić information content (AvgIpc) is 3.10. The van der Waals surface area contributed by atoms with Gasteiger partial charge < -0.3 is 18.6 Å². The van der Waals surface area contributed by atoms with E-state index in [0.29, 0.717) is 19.0 Å². The minimum absolute atomic E-state index is 0.264. The van der Waals surface area contributed by atoms with Crippen LogP contribution < -0.4 is 4.74 Å². The van der Waals surface area contributed by atoms with Crippen LogP contribution in [0.4, 0.5) is 0 Å². The van der Waals surface area contributed by atoms with Gasteiger partial charge in [-0.15, -0.1) is 0 Å². The highest BCUT2D eigenvalue weighted by atomic mass is 127. The largest absolute Gasteiger partial charge is 0.486 e. The second kappa shape index (κ2) is 5.52. The van der Waals surface area contributed by atoms with Crippen LogP contribution in [0.1, 0.15) is 5.76 Å². The predicted octanol–water partition coefficient (Wildman–Crippen LogP) is 3.16. The monoisotopic (exact) mass is 372 g/mol. The molecule has 1 aliphatic heterocycles. The molecule has 0 atom stereocenters. The fraction of sp³-hybridized carbons (Fsp3) is 0.286. The Kier molecular flexibility index (Phi) is 3.76. The highest BCUT2D eigenvalue weighted by molar-refractivity contribution is 14.1. The molecule has 0 amide bonds. The molecular weight excluding hydrogens is 359 g/mol. The first kappa shape index (κ1) is 13.0. The van der Waals surface area contributed by atoms with Gasteiger partial charge in [0.05, 0.1) is 23.0 Å². The van der Waals surface area contributed by atoms with Crippen LogP contribution >= 0.6 is 22.6 Å². The van der Waals surface area contributed by atoms with Crippen LogP contribution in [-0.4, -0.2) is 19.8 Å². The van der Waals surface area contributed by atoms with Crippen LogP contribution in [0.2, 0.25) is 0 Å². The lowest BCUT2D eigenvalue weighted by molar-refractivity contribution is -0.197. The number of hydrogen-bond acceptors (Lipinski definition) is 4. The summed E-state index contributed by atoms with van der Waals surface area (Å²) in [5, 5.41) is 0. The van der Waals surface area contributed by atoms with Crippen molar-refractivity contribution in [1.29, 1.82) is 0 Å². The van der Waals surface area contributed by atoms with Crippen molar-refractivity contribution in [3.63, 3.8) is 0 Å². The summed E-state index contributed by atoms with van der Waals surface area (Å²) in [6, 6.07) is 11.5. The molecule has 1 aromatic carbocycles. The summed E-state index contributed by atoms with van der Waals surface area (Å²) < 4.78 is 23.7. The van der Waals surface area contributed by atoms with Crippen molar-refractivity contribution in [3.05, 3.63) is 52.0 Å². The van der Waals surface area contributed by atoms with E-state index in [1.54, 1.807) is 6.26 Å². The summed E-state index contributed by atoms with van der Waals surface area (Å²) in [5.41, 5.74) is 0. The van der Waals surface area contributed by atoms with Gasteiger partial charge in [0.15, 0.2) is 12.4 Å². The lowest BCUT2D eigenvalue weighted by Crippen LogP contribution is -2.34. The minimum atomic E-state index is -0.928.